The number of quaternary nitrogens is 1. The normalized spacial score (nSPS) is 22.0. The average Bonchev–Trinajstić information content (AvgIpc) is 2.69. The van der Waals surface area contributed by atoms with E-state index in [9.17, 15) is 0 Å². The van der Waals surface area contributed by atoms with E-state index in [4.69, 9.17) is 0 Å². The van der Waals surface area contributed by atoms with E-state index in [0.29, 0.717) is 0 Å². The monoisotopic (exact) mass is 416 g/mol. The molecule has 1 aromatic heterocycles. The summed E-state index contributed by atoms with van der Waals surface area (Å²) in [4.78, 5) is 4.12. The first-order chi connectivity index (χ1) is 12.7. The summed E-state index contributed by atoms with van der Waals surface area (Å²) in [6.45, 7) is 9.37. The third kappa shape index (κ3) is 6.34. The van der Waals surface area contributed by atoms with E-state index in [2.05, 4.69) is 73.3 Å². The molecule has 4 heteroatoms. The average molecular weight is 417 g/mol. The molecule has 2 nitrogen and oxygen atoms in total. The summed E-state index contributed by atoms with van der Waals surface area (Å²) < 4.78 is 1.01. The van der Waals surface area contributed by atoms with Gasteiger partial charge in [0, 0.05) is 18.0 Å². The van der Waals surface area contributed by atoms with Crippen LogP contribution in [0.2, 0.25) is 0 Å². The highest BCUT2D eigenvalue weighted by atomic mass is 35.5. The minimum absolute atomic E-state index is 0. The second-order valence-corrected chi connectivity index (χ2v) is 7.14. The lowest BCUT2D eigenvalue weighted by molar-refractivity contribution is -0.869. The van der Waals surface area contributed by atoms with Gasteiger partial charge >= 0.3 is 0 Å². The number of halogens is 2. The van der Waals surface area contributed by atoms with Gasteiger partial charge in [-0.3, -0.25) is 9.47 Å². The molecule has 0 N–H and O–H groups in total. The zero-order chi connectivity index (χ0) is 18.2. The molecule has 150 valence electrons. The highest BCUT2D eigenvalue weighted by Crippen LogP contribution is 2.27. The van der Waals surface area contributed by atoms with Gasteiger partial charge in [-0.25, -0.2) is 0 Å². The minimum Gasteiger partial charge on any atom is -1.00 e. The summed E-state index contributed by atoms with van der Waals surface area (Å²) in [5, 5.41) is 0. The molecule has 0 saturated carbocycles. The van der Waals surface area contributed by atoms with Crippen LogP contribution in [0.1, 0.15) is 31.7 Å². The highest BCUT2D eigenvalue weighted by molar-refractivity contribution is 5.85. The lowest BCUT2D eigenvalue weighted by Gasteiger charge is -2.37. The Kier molecular flexibility index (Phi) is 10.2. The van der Waals surface area contributed by atoms with Gasteiger partial charge in [-0.2, -0.15) is 0 Å². The van der Waals surface area contributed by atoms with E-state index in [-0.39, 0.29) is 24.8 Å². The smallest absolute Gasteiger partial charge is 0.109 e. The Morgan fingerprint density at radius 3 is 2.50 bits per heavy atom. The molecule has 0 fully saturated rings. The van der Waals surface area contributed by atoms with E-state index in [1.807, 2.05) is 18.5 Å². The number of unbranched alkanes of at least 4 members (excludes halogenated alkanes) is 1. The number of hydrogen-bond acceptors (Lipinski definition) is 1. The van der Waals surface area contributed by atoms with Crippen LogP contribution in [0.3, 0.4) is 0 Å². The van der Waals surface area contributed by atoms with Crippen molar-refractivity contribution in [3.8, 4) is 0 Å². The number of allylic oxidation sites excluding steroid dienone is 7. The number of aromatic nitrogens is 1. The van der Waals surface area contributed by atoms with Crippen LogP contribution in [0, 0.1) is 0 Å². The third-order valence-electron chi connectivity index (χ3n) is 5.16. The molecule has 1 aromatic rings. The summed E-state index contributed by atoms with van der Waals surface area (Å²) in [6, 6.07) is 4.17. The first-order valence-electron chi connectivity index (χ1n) is 9.59. The third-order valence-corrected chi connectivity index (χ3v) is 5.16. The molecular formula is C24H30Cl2N2. The highest BCUT2D eigenvalue weighted by Gasteiger charge is 2.27. The standard InChI is InChI=1S/C24H29N2.2ClH/c1-3-5-17-26(20-22-9-7-21(6-4-2)8-10-22)18-13-24(14-19-26)23-11-15-25-16-12-23;;/h4,6-7,9-16,18H,2-3,5,8,17,19-20H2,1H3;2*1H/q+1;;/p-1. The fourth-order valence-corrected chi connectivity index (χ4v) is 3.60. The molecule has 2 aliphatic rings. The molecule has 0 aromatic carbocycles. The Morgan fingerprint density at radius 2 is 1.93 bits per heavy atom. The van der Waals surface area contributed by atoms with Gasteiger partial charge in [0.1, 0.15) is 13.1 Å². The first kappa shape index (κ1) is 24.2. The lowest BCUT2D eigenvalue weighted by Crippen LogP contribution is -3.00. The first-order valence-corrected chi connectivity index (χ1v) is 9.59. The van der Waals surface area contributed by atoms with Crippen LogP contribution in [0.5, 0.6) is 0 Å². The van der Waals surface area contributed by atoms with Crippen molar-refractivity contribution in [1.29, 1.82) is 0 Å². The predicted molar refractivity (Wildman–Crippen MR) is 118 cm³/mol. The minimum atomic E-state index is 0. The van der Waals surface area contributed by atoms with Gasteiger partial charge in [0.25, 0.3) is 0 Å². The van der Waals surface area contributed by atoms with E-state index >= 15 is 0 Å². The Bertz CT molecular complexity index is 788. The lowest BCUT2D eigenvalue weighted by atomic mass is 9.99. The summed E-state index contributed by atoms with van der Waals surface area (Å²) in [7, 11) is 0. The Balaban J connectivity index is 0.00000196. The van der Waals surface area contributed by atoms with E-state index < -0.39 is 0 Å². The van der Waals surface area contributed by atoms with Crippen LogP contribution in [0.15, 0.2) is 91.0 Å². The summed E-state index contributed by atoms with van der Waals surface area (Å²) in [6.07, 6.45) is 25.2. The maximum Gasteiger partial charge on any atom is 0.109 e. The van der Waals surface area contributed by atoms with Crippen LogP contribution >= 0.6 is 12.4 Å². The van der Waals surface area contributed by atoms with Crippen LogP contribution in [0.25, 0.3) is 5.57 Å². The molecule has 1 aliphatic heterocycles. The predicted octanol–water partition coefficient (Wildman–Crippen LogP) is 3.03. The molecule has 28 heavy (non-hydrogen) atoms. The largest absolute Gasteiger partial charge is 1.00 e. The SMILES string of the molecule is C=CC=C1C=CC(C[N+]2(CCCC)C=CC(c3ccncc3)=CC2)=CC1.Cl.[Cl-]. The van der Waals surface area contributed by atoms with Crippen LogP contribution in [0.4, 0.5) is 0 Å². The van der Waals surface area contributed by atoms with Crippen molar-refractivity contribution in [2.75, 3.05) is 19.6 Å². The zero-order valence-corrected chi connectivity index (χ0v) is 18.1. The second kappa shape index (κ2) is 11.9. The summed E-state index contributed by atoms with van der Waals surface area (Å²) in [5.41, 5.74) is 5.33. The molecular weight excluding hydrogens is 387 g/mol. The number of hydrogen-bond donors (Lipinski definition) is 0. The van der Waals surface area contributed by atoms with Gasteiger partial charge in [0.05, 0.1) is 12.7 Å². The van der Waals surface area contributed by atoms with Gasteiger partial charge < -0.3 is 12.4 Å². The summed E-state index contributed by atoms with van der Waals surface area (Å²) in [5.74, 6) is 0. The number of pyridine rings is 1. The molecule has 0 spiro atoms. The molecule has 2 heterocycles. The fourth-order valence-electron chi connectivity index (χ4n) is 3.60. The van der Waals surface area contributed by atoms with E-state index in [1.54, 1.807) is 0 Å². The van der Waals surface area contributed by atoms with Gasteiger partial charge in [-0.1, -0.05) is 50.3 Å². The topological polar surface area (TPSA) is 12.9 Å². The van der Waals surface area contributed by atoms with Crippen molar-refractivity contribution in [2.24, 2.45) is 0 Å². The van der Waals surface area contributed by atoms with Crippen molar-refractivity contribution in [1.82, 2.24) is 4.98 Å². The fraction of sp³-hybridized carbons (Fsp3) is 0.292. The molecule has 0 bridgehead atoms. The molecule has 0 amide bonds. The van der Waals surface area contributed by atoms with Gasteiger partial charge in [-0.15, -0.1) is 12.4 Å². The molecule has 1 unspecified atom stereocenters. The van der Waals surface area contributed by atoms with Crippen molar-refractivity contribution in [3.05, 3.63) is 96.5 Å². The second-order valence-electron chi connectivity index (χ2n) is 7.14. The quantitative estimate of drug-likeness (QED) is 0.622. The van der Waals surface area contributed by atoms with Gasteiger partial charge in [0.2, 0.25) is 0 Å². The zero-order valence-electron chi connectivity index (χ0n) is 16.6. The van der Waals surface area contributed by atoms with Crippen molar-refractivity contribution in [2.45, 2.75) is 26.2 Å². The molecule has 0 saturated heterocycles. The molecule has 1 atom stereocenters. The van der Waals surface area contributed by atoms with Gasteiger partial charge in [-0.05, 0) is 53.8 Å². The van der Waals surface area contributed by atoms with E-state index in [1.165, 1.54) is 41.7 Å². The Labute approximate surface area is 182 Å². The summed E-state index contributed by atoms with van der Waals surface area (Å²) >= 11 is 0. The van der Waals surface area contributed by atoms with Crippen LogP contribution in [-0.4, -0.2) is 29.1 Å². The molecule has 1 aliphatic carbocycles. The van der Waals surface area contributed by atoms with Crippen molar-refractivity contribution < 1.29 is 16.9 Å². The van der Waals surface area contributed by atoms with E-state index in [0.717, 1.165) is 24.0 Å². The van der Waals surface area contributed by atoms with Crippen LogP contribution < -0.4 is 12.4 Å². The maximum atomic E-state index is 4.12. The Hall–Kier alpha value is -1.87. The van der Waals surface area contributed by atoms with Crippen LogP contribution in [-0.2, 0) is 0 Å². The Morgan fingerprint density at radius 1 is 1.14 bits per heavy atom. The maximum absolute atomic E-state index is 4.12. The van der Waals surface area contributed by atoms with Crippen molar-refractivity contribution >= 4 is 18.0 Å². The number of nitrogens with zero attached hydrogens (tertiary/aromatic N) is 2. The number of rotatable bonds is 7. The molecule has 3 rings (SSSR count). The van der Waals surface area contributed by atoms with Crippen molar-refractivity contribution in [3.63, 3.8) is 0 Å². The molecule has 0 radical (unpaired) electrons. The van der Waals surface area contributed by atoms with Gasteiger partial charge in [0.15, 0.2) is 0 Å².